The normalized spacial score (nSPS) is 12.4. The Morgan fingerprint density at radius 3 is 1.94 bits per heavy atom. The van der Waals surface area contributed by atoms with Crippen molar-refractivity contribution in [2.24, 2.45) is 0 Å². The molecule has 0 aliphatic rings. The maximum atomic E-state index is 14.4. The van der Waals surface area contributed by atoms with Gasteiger partial charge in [0.05, 0.1) is 18.6 Å². The van der Waals surface area contributed by atoms with Crippen LogP contribution in [0.5, 0.6) is 5.75 Å². The minimum atomic E-state index is -1.29. The van der Waals surface area contributed by atoms with Gasteiger partial charge in [0.15, 0.2) is 0 Å². The van der Waals surface area contributed by atoms with Gasteiger partial charge < -0.3 is 29.9 Å². The molecular formula is C40H39F2N2NaO6. The van der Waals surface area contributed by atoms with Gasteiger partial charge in [-0.2, -0.15) is 0 Å². The molecule has 8 nitrogen and oxygen atoms in total. The number of anilines is 1. The van der Waals surface area contributed by atoms with Gasteiger partial charge in [-0.25, -0.2) is 8.78 Å². The number of carboxylic acid groups (broad SMARTS) is 1. The van der Waals surface area contributed by atoms with Crippen molar-refractivity contribution in [1.82, 2.24) is 4.57 Å². The molecule has 0 fully saturated rings. The molecule has 4 N–H and O–H groups in total. The van der Waals surface area contributed by atoms with Crippen molar-refractivity contribution in [3.8, 4) is 28.0 Å². The number of benzene rings is 4. The van der Waals surface area contributed by atoms with E-state index in [-0.39, 0.29) is 47.7 Å². The number of hydrogen-bond donors (Lipinski definition) is 4. The van der Waals surface area contributed by atoms with Crippen molar-refractivity contribution >= 4 is 53.2 Å². The number of nitrogens with one attached hydrogen (secondary N) is 1. The molecule has 11 heteroatoms. The number of amides is 1. The second-order valence-corrected chi connectivity index (χ2v) is 12.1. The summed E-state index contributed by atoms with van der Waals surface area (Å²) in [6.07, 6.45) is -0.272. The van der Waals surface area contributed by atoms with E-state index in [1.807, 2.05) is 44.2 Å². The summed E-state index contributed by atoms with van der Waals surface area (Å²) in [4.78, 5) is 25.4. The summed E-state index contributed by atoms with van der Waals surface area (Å²) in [5, 5.41) is 32.9. The van der Waals surface area contributed by atoms with Crippen LogP contribution in [-0.4, -0.2) is 73.5 Å². The average Bonchev–Trinajstić information content (AvgIpc) is 3.43. The fraction of sp³-hybridized carbons (Fsp3) is 0.200. The summed E-state index contributed by atoms with van der Waals surface area (Å²) in [7, 11) is 0. The Kier molecular flexibility index (Phi) is 13.9. The van der Waals surface area contributed by atoms with Gasteiger partial charge in [-0.3, -0.25) is 9.59 Å². The van der Waals surface area contributed by atoms with Gasteiger partial charge in [0.2, 0.25) is 0 Å². The van der Waals surface area contributed by atoms with Crippen LogP contribution >= 0.6 is 0 Å². The zero-order chi connectivity index (χ0) is 35.8. The van der Waals surface area contributed by atoms with Crippen LogP contribution in [0.15, 0.2) is 109 Å². The molecule has 1 aromatic heterocycles. The number of aliphatic carboxylic acids is 1. The summed E-state index contributed by atoms with van der Waals surface area (Å²) < 4.78 is 36.0. The number of carboxylic acids is 1. The van der Waals surface area contributed by atoms with Gasteiger partial charge in [0.1, 0.15) is 29.7 Å². The fourth-order valence-corrected chi connectivity index (χ4v) is 5.75. The summed E-state index contributed by atoms with van der Waals surface area (Å²) >= 11 is 0. The van der Waals surface area contributed by atoms with E-state index in [0.717, 1.165) is 5.56 Å². The number of aliphatic hydroxyl groups is 2. The Labute approximate surface area is 317 Å². The predicted molar refractivity (Wildman–Crippen MR) is 196 cm³/mol. The summed E-state index contributed by atoms with van der Waals surface area (Å²) in [6, 6.07) is 27.8. The molecule has 0 radical (unpaired) electrons. The average molecular weight is 705 g/mol. The van der Waals surface area contributed by atoms with E-state index in [4.69, 9.17) is 9.84 Å². The Balaban J connectivity index is 0.00000583. The van der Waals surface area contributed by atoms with Crippen LogP contribution in [-0.2, 0) is 11.4 Å². The third-order valence-electron chi connectivity index (χ3n) is 8.00. The van der Waals surface area contributed by atoms with Crippen molar-refractivity contribution in [3.05, 3.63) is 138 Å². The van der Waals surface area contributed by atoms with E-state index in [0.29, 0.717) is 46.0 Å². The molecule has 2 atom stereocenters. The van der Waals surface area contributed by atoms with Crippen molar-refractivity contribution in [2.45, 2.75) is 51.5 Å². The molecule has 260 valence electrons. The third-order valence-corrected chi connectivity index (χ3v) is 8.00. The van der Waals surface area contributed by atoms with Crippen LogP contribution < -0.4 is 10.1 Å². The Hall–Kier alpha value is -4.58. The summed E-state index contributed by atoms with van der Waals surface area (Å²) in [5.74, 6) is -1.99. The molecule has 0 bridgehead atoms. The van der Waals surface area contributed by atoms with Gasteiger partial charge in [-0.05, 0) is 85.1 Å². The SMILES string of the molecule is CC(C)n1c(/C=C/[C@@H](O)C[C@@H](O)CC(=O)O)c(-c2ccc(F)cc2)c(-c2ccc(F)cc2)c1C(=O)Nc1ccc(OCc2ccccc2)cc1.[NaH]. The number of carbonyl (C=O) groups is 2. The van der Waals surface area contributed by atoms with E-state index in [9.17, 15) is 28.6 Å². The van der Waals surface area contributed by atoms with E-state index < -0.39 is 42.1 Å². The first-order valence-corrected chi connectivity index (χ1v) is 16.1. The van der Waals surface area contributed by atoms with Crippen molar-refractivity contribution in [1.29, 1.82) is 0 Å². The first-order valence-electron chi connectivity index (χ1n) is 16.1. The molecular weight excluding hydrogens is 665 g/mol. The number of carbonyl (C=O) groups excluding carboxylic acids is 1. The number of nitrogens with zero attached hydrogens (tertiary/aromatic N) is 1. The number of rotatable bonds is 14. The van der Waals surface area contributed by atoms with Gasteiger partial charge in [-0.15, -0.1) is 0 Å². The molecule has 0 saturated carbocycles. The molecule has 0 aliphatic heterocycles. The van der Waals surface area contributed by atoms with Crippen LogP contribution in [0, 0.1) is 11.6 Å². The summed E-state index contributed by atoms with van der Waals surface area (Å²) in [5.41, 5.74) is 4.26. The predicted octanol–water partition coefficient (Wildman–Crippen LogP) is 7.46. The molecule has 5 rings (SSSR count). The molecule has 4 aromatic carbocycles. The van der Waals surface area contributed by atoms with E-state index in [1.54, 1.807) is 59.2 Å². The van der Waals surface area contributed by atoms with E-state index in [1.165, 1.54) is 30.3 Å². The van der Waals surface area contributed by atoms with E-state index >= 15 is 0 Å². The maximum absolute atomic E-state index is 14.4. The zero-order valence-electron chi connectivity index (χ0n) is 27.6. The molecule has 0 unspecified atom stereocenters. The standard InChI is InChI=1S/C40H38F2N2O6.Na.H/c1-25(2)44-35(21-18-32(45)22-33(46)23-36(47)48)37(27-8-12-29(41)13-9-27)38(28-10-14-30(42)15-11-28)39(44)40(49)43-31-16-19-34(20-17-31)50-24-26-6-4-3-5-7-26;;/h3-21,25,32-33,45-46H,22-24H2,1-2H3,(H,43,49)(H,47,48);;/b21-18+;;/t32-,33-;;/m1../s1. The first-order chi connectivity index (χ1) is 24.0. The van der Waals surface area contributed by atoms with Crippen LogP contribution in [0.4, 0.5) is 14.5 Å². The van der Waals surface area contributed by atoms with Gasteiger partial charge in [-0.1, -0.05) is 60.7 Å². The molecule has 0 spiro atoms. The quantitative estimate of drug-likeness (QED) is 0.0891. The van der Waals surface area contributed by atoms with Crippen molar-refractivity contribution in [3.63, 3.8) is 0 Å². The van der Waals surface area contributed by atoms with Crippen molar-refractivity contribution in [2.75, 3.05) is 5.32 Å². The van der Waals surface area contributed by atoms with Gasteiger partial charge >= 0.3 is 35.5 Å². The topological polar surface area (TPSA) is 121 Å². The molecule has 0 saturated heterocycles. The second kappa shape index (κ2) is 18.1. The Bertz CT molecular complexity index is 1940. The van der Waals surface area contributed by atoms with Crippen LogP contribution in [0.3, 0.4) is 0 Å². The Morgan fingerprint density at radius 1 is 0.824 bits per heavy atom. The van der Waals surface area contributed by atoms with Crippen LogP contribution in [0.25, 0.3) is 28.3 Å². The number of aliphatic hydroxyl groups excluding tert-OH is 2. The first kappa shape index (κ1) is 39.2. The Morgan fingerprint density at radius 2 is 1.39 bits per heavy atom. The minimum absolute atomic E-state index is 0. The molecule has 1 amide bonds. The molecule has 5 aromatic rings. The zero-order valence-corrected chi connectivity index (χ0v) is 27.6. The molecule has 1 heterocycles. The van der Waals surface area contributed by atoms with Crippen LogP contribution in [0.2, 0.25) is 0 Å². The number of halogens is 2. The molecule has 51 heavy (non-hydrogen) atoms. The number of hydrogen-bond acceptors (Lipinski definition) is 5. The van der Waals surface area contributed by atoms with Crippen molar-refractivity contribution < 1.29 is 38.4 Å². The van der Waals surface area contributed by atoms with Gasteiger partial charge in [0, 0.05) is 35.0 Å². The number of ether oxygens (including phenoxy) is 1. The summed E-state index contributed by atoms with van der Waals surface area (Å²) in [6.45, 7) is 4.14. The number of aromatic nitrogens is 1. The third kappa shape index (κ3) is 10.2. The second-order valence-electron chi connectivity index (χ2n) is 12.1. The van der Waals surface area contributed by atoms with Crippen LogP contribution in [0.1, 0.15) is 54.5 Å². The van der Waals surface area contributed by atoms with E-state index in [2.05, 4.69) is 5.32 Å². The monoisotopic (exact) mass is 704 g/mol. The van der Waals surface area contributed by atoms with Gasteiger partial charge in [0.25, 0.3) is 5.91 Å². The molecule has 0 aliphatic carbocycles. The fourth-order valence-electron chi connectivity index (χ4n) is 5.75.